The van der Waals surface area contributed by atoms with Gasteiger partial charge in [-0.05, 0) is 49.2 Å². The van der Waals surface area contributed by atoms with Crippen LogP contribution in [0.3, 0.4) is 0 Å². The first-order valence-electron chi connectivity index (χ1n) is 9.19. The molecular weight excluding hydrogens is 401 g/mol. The number of nitrogens with one attached hydrogen (secondary N) is 1. The second-order valence-corrected chi connectivity index (χ2v) is 6.83. The van der Waals surface area contributed by atoms with Gasteiger partial charge in [0.25, 0.3) is 0 Å². The van der Waals surface area contributed by atoms with Crippen LogP contribution in [0.1, 0.15) is 30.3 Å². The number of amides is 1. The zero-order chi connectivity index (χ0) is 21.3. The maximum Gasteiger partial charge on any atom is 0.416 e. The zero-order valence-corrected chi connectivity index (χ0v) is 15.6. The first kappa shape index (κ1) is 19.7. The molecule has 2 N–H and O–H groups in total. The minimum atomic E-state index is -4.40. The van der Waals surface area contributed by atoms with E-state index in [9.17, 15) is 23.1 Å². The van der Waals surface area contributed by atoms with Gasteiger partial charge in [0.1, 0.15) is 6.04 Å². The normalized spacial score (nSPS) is 16.6. The molecule has 156 valence electrons. The number of hydrogen-bond acceptors (Lipinski definition) is 5. The van der Waals surface area contributed by atoms with Crippen molar-refractivity contribution in [3.63, 3.8) is 0 Å². The predicted molar refractivity (Wildman–Crippen MR) is 101 cm³/mol. The molecule has 30 heavy (non-hydrogen) atoms. The van der Waals surface area contributed by atoms with E-state index in [1.165, 1.54) is 17.0 Å². The molecule has 1 unspecified atom stereocenters. The molecule has 0 saturated carbocycles. The van der Waals surface area contributed by atoms with E-state index in [4.69, 9.17) is 4.42 Å². The van der Waals surface area contributed by atoms with Crippen LogP contribution in [0.25, 0.3) is 11.5 Å². The Morgan fingerprint density at radius 3 is 2.57 bits per heavy atom. The minimum Gasteiger partial charge on any atom is -0.465 e. The van der Waals surface area contributed by atoms with Gasteiger partial charge in [-0.15, -0.1) is 10.2 Å². The third-order valence-electron chi connectivity index (χ3n) is 4.87. The van der Waals surface area contributed by atoms with Gasteiger partial charge in [0.2, 0.25) is 11.8 Å². The summed E-state index contributed by atoms with van der Waals surface area (Å²) in [6.45, 7) is 0.407. The molecule has 4 rings (SSSR count). The molecule has 2 heterocycles. The van der Waals surface area contributed by atoms with Crippen LogP contribution < -0.4 is 5.32 Å². The number of rotatable bonds is 4. The van der Waals surface area contributed by atoms with Gasteiger partial charge in [-0.1, -0.05) is 12.1 Å². The molecule has 0 radical (unpaired) electrons. The molecule has 1 atom stereocenters. The van der Waals surface area contributed by atoms with Crippen molar-refractivity contribution in [2.75, 3.05) is 11.9 Å². The summed E-state index contributed by atoms with van der Waals surface area (Å²) >= 11 is 0. The number of aromatic nitrogens is 2. The lowest BCUT2D eigenvalue weighted by Crippen LogP contribution is -2.28. The van der Waals surface area contributed by atoms with Crippen LogP contribution >= 0.6 is 0 Å². The monoisotopic (exact) mass is 418 g/mol. The van der Waals surface area contributed by atoms with Crippen LogP contribution in [-0.4, -0.2) is 32.8 Å². The largest absolute Gasteiger partial charge is 0.465 e. The Balaban J connectivity index is 1.58. The van der Waals surface area contributed by atoms with E-state index in [1.807, 2.05) is 0 Å². The van der Waals surface area contributed by atoms with Gasteiger partial charge in [0.15, 0.2) is 0 Å². The number of halogens is 3. The van der Waals surface area contributed by atoms with Gasteiger partial charge < -0.3 is 14.8 Å². The number of carboxylic acid groups (broad SMARTS) is 1. The summed E-state index contributed by atoms with van der Waals surface area (Å²) in [5.74, 6) is 0.409. The van der Waals surface area contributed by atoms with Gasteiger partial charge in [0.05, 0.1) is 16.8 Å². The summed E-state index contributed by atoms with van der Waals surface area (Å²) in [6.07, 6.45) is -4.14. The average molecular weight is 418 g/mol. The number of hydrogen-bond donors (Lipinski definition) is 2. The average Bonchev–Trinajstić information content (AvgIpc) is 3.37. The molecule has 1 amide bonds. The van der Waals surface area contributed by atoms with Crippen molar-refractivity contribution in [3.05, 3.63) is 60.0 Å². The third-order valence-corrected chi connectivity index (χ3v) is 4.87. The molecule has 1 fully saturated rings. The molecule has 7 nitrogen and oxygen atoms in total. The molecule has 1 saturated heterocycles. The highest BCUT2D eigenvalue weighted by atomic mass is 19.4. The summed E-state index contributed by atoms with van der Waals surface area (Å²) < 4.78 is 44.0. The number of benzene rings is 2. The van der Waals surface area contributed by atoms with Crippen molar-refractivity contribution in [2.24, 2.45) is 0 Å². The second-order valence-electron chi connectivity index (χ2n) is 6.83. The van der Waals surface area contributed by atoms with E-state index in [1.54, 1.807) is 24.3 Å². The SMILES string of the molecule is O=C(O)N1CCCC1c1nnc(-c2ccccc2Nc2ccc(C(F)(F)F)cc2)o1. The number of alkyl halides is 3. The standard InChI is InChI=1S/C20H17F3N4O3/c21-20(22,23)12-7-9-13(10-8-12)24-15-5-2-1-4-14(15)17-25-26-18(30-17)16-6-3-11-27(16)19(28)29/h1-2,4-5,7-10,16,24H,3,6,11H2,(H,28,29). The Labute approximate surface area is 169 Å². The van der Waals surface area contributed by atoms with E-state index in [2.05, 4.69) is 15.5 Å². The van der Waals surface area contributed by atoms with Crippen LogP contribution in [0.5, 0.6) is 0 Å². The van der Waals surface area contributed by atoms with Gasteiger partial charge in [-0.2, -0.15) is 13.2 Å². The van der Waals surface area contributed by atoms with E-state index in [0.29, 0.717) is 36.3 Å². The predicted octanol–water partition coefficient (Wildman–Crippen LogP) is 5.31. The maximum absolute atomic E-state index is 12.8. The number of para-hydroxylation sites is 1. The van der Waals surface area contributed by atoms with Crippen LogP contribution in [0.4, 0.5) is 29.3 Å². The fourth-order valence-electron chi connectivity index (χ4n) is 3.41. The molecule has 1 aromatic heterocycles. The smallest absolute Gasteiger partial charge is 0.416 e. The van der Waals surface area contributed by atoms with Crippen molar-refractivity contribution in [1.29, 1.82) is 0 Å². The van der Waals surface area contributed by atoms with Gasteiger partial charge >= 0.3 is 12.3 Å². The minimum absolute atomic E-state index is 0.192. The molecule has 0 spiro atoms. The van der Waals surface area contributed by atoms with Crippen molar-refractivity contribution in [2.45, 2.75) is 25.1 Å². The van der Waals surface area contributed by atoms with Crippen LogP contribution in [0.2, 0.25) is 0 Å². The van der Waals surface area contributed by atoms with Crippen molar-refractivity contribution in [1.82, 2.24) is 15.1 Å². The highest BCUT2D eigenvalue weighted by molar-refractivity contribution is 5.76. The molecular formula is C20H17F3N4O3. The van der Waals surface area contributed by atoms with Gasteiger partial charge in [0, 0.05) is 12.2 Å². The molecule has 0 aliphatic carbocycles. The molecule has 10 heteroatoms. The van der Waals surface area contributed by atoms with E-state index >= 15 is 0 Å². The topological polar surface area (TPSA) is 91.5 Å². The molecule has 1 aliphatic heterocycles. The summed E-state index contributed by atoms with van der Waals surface area (Å²) in [7, 11) is 0. The first-order chi connectivity index (χ1) is 14.3. The lowest BCUT2D eigenvalue weighted by Gasteiger charge is -2.17. The van der Waals surface area contributed by atoms with Crippen molar-refractivity contribution < 1.29 is 27.5 Å². The molecule has 2 aromatic carbocycles. The Hall–Kier alpha value is -3.56. The first-order valence-corrected chi connectivity index (χ1v) is 9.19. The van der Waals surface area contributed by atoms with Gasteiger partial charge in [-0.25, -0.2) is 4.79 Å². The lowest BCUT2D eigenvalue weighted by molar-refractivity contribution is -0.137. The van der Waals surface area contributed by atoms with Crippen molar-refractivity contribution >= 4 is 17.5 Å². The highest BCUT2D eigenvalue weighted by Gasteiger charge is 2.34. The Kier molecular flexibility index (Phi) is 5.06. The van der Waals surface area contributed by atoms with Crippen LogP contribution in [0.15, 0.2) is 52.9 Å². The zero-order valence-electron chi connectivity index (χ0n) is 15.6. The fourth-order valence-corrected chi connectivity index (χ4v) is 3.41. The number of nitrogens with zero attached hydrogens (tertiary/aromatic N) is 3. The molecule has 3 aromatic rings. The Morgan fingerprint density at radius 2 is 1.87 bits per heavy atom. The Bertz CT molecular complexity index is 1050. The van der Waals surface area contributed by atoms with E-state index in [-0.39, 0.29) is 11.8 Å². The number of likely N-dealkylation sites (tertiary alicyclic amines) is 1. The van der Waals surface area contributed by atoms with E-state index in [0.717, 1.165) is 12.1 Å². The van der Waals surface area contributed by atoms with Crippen LogP contribution in [0, 0.1) is 0 Å². The summed E-state index contributed by atoms with van der Waals surface area (Å²) in [5.41, 5.74) is 0.843. The highest BCUT2D eigenvalue weighted by Crippen LogP contribution is 2.35. The summed E-state index contributed by atoms with van der Waals surface area (Å²) in [6, 6.07) is 11.2. The van der Waals surface area contributed by atoms with Gasteiger partial charge in [-0.3, -0.25) is 4.90 Å². The number of carbonyl (C=O) groups is 1. The molecule has 1 aliphatic rings. The van der Waals surface area contributed by atoms with Crippen LogP contribution in [-0.2, 0) is 6.18 Å². The fraction of sp³-hybridized carbons (Fsp3) is 0.250. The number of anilines is 2. The maximum atomic E-state index is 12.8. The lowest BCUT2D eigenvalue weighted by atomic mass is 10.1. The summed E-state index contributed by atoms with van der Waals surface area (Å²) in [5, 5.41) is 20.4. The molecule has 0 bridgehead atoms. The second kappa shape index (κ2) is 7.69. The summed E-state index contributed by atoms with van der Waals surface area (Å²) in [4.78, 5) is 12.6. The van der Waals surface area contributed by atoms with Crippen molar-refractivity contribution in [3.8, 4) is 11.5 Å². The van der Waals surface area contributed by atoms with E-state index < -0.39 is 23.9 Å². The third kappa shape index (κ3) is 3.93. The Morgan fingerprint density at radius 1 is 1.13 bits per heavy atom. The quantitative estimate of drug-likeness (QED) is 0.596.